The van der Waals surface area contributed by atoms with Gasteiger partial charge in [-0.3, -0.25) is 10.1 Å². The van der Waals surface area contributed by atoms with Crippen LogP contribution in [0.15, 0.2) is 47.6 Å². The number of hydrogen-bond acceptors (Lipinski definition) is 8. The van der Waals surface area contributed by atoms with Crippen molar-refractivity contribution in [3.05, 3.63) is 52.6 Å². The van der Waals surface area contributed by atoms with E-state index in [0.717, 1.165) is 30.9 Å². The van der Waals surface area contributed by atoms with Crippen LogP contribution in [0.5, 0.6) is 5.75 Å². The van der Waals surface area contributed by atoms with Crippen LogP contribution in [0.2, 0.25) is 0 Å². The summed E-state index contributed by atoms with van der Waals surface area (Å²) in [5.41, 5.74) is 1.37. The van der Waals surface area contributed by atoms with Crippen LogP contribution in [0.3, 0.4) is 0 Å². The molecule has 2 aromatic carbocycles. The number of nitrogens with zero attached hydrogens (tertiary/aromatic N) is 3. The van der Waals surface area contributed by atoms with Crippen LogP contribution in [0.1, 0.15) is 6.42 Å². The summed E-state index contributed by atoms with van der Waals surface area (Å²) in [5, 5.41) is 18.8. The van der Waals surface area contributed by atoms with E-state index >= 15 is 0 Å². The third-order valence-electron chi connectivity index (χ3n) is 4.59. The number of terminal acetylenes is 1. The lowest BCUT2D eigenvalue weighted by molar-refractivity contribution is -0.384. The third-order valence-corrected chi connectivity index (χ3v) is 5.34. The maximum Gasteiger partial charge on any atom is 0.270 e. The maximum absolute atomic E-state index is 11.2. The van der Waals surface area contributed by atoms with E-state index in [2.05, 4.69) is 26.5 Å². The second-order valence-corrected chi connectivity index (χ2v) is 7.63. The largest absolute Gasteiger partial charge is 0.489 e. The van der Waals surface area contributed by atoms with Gasteiger partial charge in [0.2, 0.25) is 0 Å². The van der Waals surface area contributed by atoms with Gasteiger partial charge < -0.3 is 15.4 Å². The topological polar surface area (TPSA) is 102 Å². The number of fused-ring (bicyclic) bond motifs is 1. The molecule has 0 unspecified atom stereocenters. The number of anilines is 2. The normalized spacial score (nSPS) is 15.6. The quantitative estimate of drug-likeness (QED) is 0.196. The number of non-ortho nitro benzene ring substituents is 1. The monoisotopic (exact) mass is 421 g/mol. The van der Waals surface area contributed by atoms with Crippen LogP contribution in [-0.2, 0) is 0 Å². The molecule has 30 heavy (non-hydrogen) atoms. The van der Waals surface area contributed by atoms with E-state index in [1.54, 1.807) is 6.07 Å². The lowest BCUT2D eigenvalue weighted by atomic mass is 10.2. The SMILES string of the molecule is C#CCSc1nc(Nc2ccc(O[C@@H]3CCNC3)cc2)c2cc([N+](=O)[O-])ccc2n1. The highest BCUT2D eigenvalue weighted by molar-refractivity contribution is 7.99. The highest BCUT2D eigenvalue weighted by atomic mass is 32.2. The second-order valence-electron chi connectivity index (χ2n) is 6.69. The Bertz CT molecular complexity index is 1110. The molecule has 4 rings (SSSR count). The summed E-state index contributed by atoms with van der Waals surface area (Å²) in [5.74, 6) is 4.26. The molecule has 0 radical (unpaired) electrons. The molecule has 0 saturated carbocycles. The number of nitrogens with one attached hydrogen (secondary N) is 2. The summed E-state index contributed by atoms with van der Waals surface area (Å²) in [7, 11) is 0. The summed E-state index contributed by atoms with van der Waals surface area (Å²) in [4.78, 5) is 19.7. The summed E-state index contributed by atoms with van der Waals surface area (Å²) in [6.45, 7) is 1.82. The number of hydrogen-bond donors (Lipinski definition) is 2. The number of ether oxygens (including phenoxy) is 1. The van der Waals surface area contributed by atoms with Gasteiger partial charge in [0.1, 0.15) is 17.7 Å². The fourth-order valence-corrected chi connectivity index (χ4v) is 3.68. The van der Waals surface area contributed by atoms with Crippen LogP contribution in [0, 0.1) is 22.5 Å². The van der Waals surface area contributed by atoms with E-state index < -0.39 is 4.92 Å². The Kier molecular flexibility index (Phi) is 5.97. The van der Waals surface area contributed by atoms with Crippen molar-refractivity contribution >= 4 is 39.9 Å². The molecule has 1 saturated heterocycles. The first-order chi connectivity index (χ1) is 14.6. The fraction of sp³-hybridized carbons (Fsp3) is 0.238. The molecule has 9 heteroatoms. The zero-order valence-corrected chi connectivity index (χ0v) is 16.8. The van der Waals surface area contributed by atoms with Crippen molar-refractivity contribution in [1.29, 1.82) is 0 Å². The summed E-state index contributed by atoms with van der Waals surface area (Å²) >= 11 is 1.33. The predicted octanol–water partition coefficient (Wildman–Crippen LogP) is 3.75. The molecular formula is C21H19N5O3S. The fourth-order valence-electron chi connectivity index (χ4n) is 3.15. The molecule has 0 bridgehead atoms. The molecule has 3 aromatic rings. The molecule has 1 aliphatic rings. The molecule has 0 spiro atoms. The predicted molar refractivity (Wildman–Crippen MR) is 117 cm³/mol. The van der Waals surface area contributed by atoms with E-state index in [-0.39, 0.29) is 11.8 Å². The number of rotatable bonds is 7. The van der Waals surface area contributed by atoms with Crippen molar-refractivity contribution in [2.45, 2.75) is 17.7 Å². The van der Waals surface area contributed by atoms with Crippen LogP contribution in [0.4, 0.5) is 17.2 Å². The smallest absolute Gasteiger partial charge is 0.270 e. The molecule has 0 amide bonds. The number of nitro benzene ring substituents is 1. The van der Waals surface area contributed by atoms with Crippen LogP contribution in [0.25, 0.3) is 10.9 Å². The average Bonchev–Trinajstić information content (AvgIpc) is 3.26. The van der Waals surface area contributed by atoms with E-state index in [9.17, 15) is 10.1 Å². The Hall–Kier alpha value is -3.35. The van der Waals surface area contributed by atoms with Gasteiger partial charge in [0, 0.05) is 29.8 Å². The van der Waals surface area contributed by atoms with Gasteiger partial charge in [0.15, 0.2) is 5.16 Å². The van der Waals surface area contributed by atoms with Crippen molar-refractivity contribution in [3.8, 4) is 18.1 Å². The molecule has 2 N–H and O–H groups in total. The second kappa shape index (κ2) is 8.98. The lowest BCUT2D eigenvalue weighted by Gasteiger charge is -2.14. The van der Waals surface area contributed by atoms with Crippen molar-refractivity contribution in [2.24, 2.45) is 0 Å². The Balaban J connectivity index is 1.62. The summed E-state index contributed by atoms with van der Waals surface area (Å²) < 4.78 is 5.94. The first-order valence-electron chi connectivity index (χ1n) is 9.39. The summed E-state index contributed by atoms with van der Waals surface area (Å²) in [6, 6.07) is 12.1. The van der Waals surface area contributed by atoms with Crippen molar-refractivity contribution in [3.63, 3.8) is 0 Å². The van der Waals surface area contributed by atoms with Crippen molar-refractivity contribution in [2.75, 3.05) is 24.2 Å². The molecule has 1 atom stereocenters. The highest BCUT2D eigenvalue weighted by Gasteiger charge is 2.16. The number of thioether (sulfide) groups is 1. The Labute approximate surface area is 177 Å². The highest BCUT2D eigenvalue weighted by Crippen LogP contribution is 2.30. The molecule has 0 aliphatic carbocycles. The summed E-state index contributed by atoms with van der Waals surface area (Å²) in [6.07, 6.45) is 6.52. The van der Waals surface area contributed by atoms with Gasteiger partial charge in [0.25, 0.3) is 5.69 Å². The number of benzene rings is 2. The van der Waals surface area contributed by atoms with Gasteiger partial charge in [-0.15, -0.1) is 6.42 Å². The molecular weight excluding hydrogens is 402 g/mol. The molecule has 1 fully saturated rings. The van der Waals surface area contributed by atoms with Crippen LogP contribution in [-0.4, -0.2) is 39.8 Å². The Morgan fingerprint density at radius 3 is 2.83 bits per heavy atom. The number of nitro groups is 1. The number of aromatic nitrogens is 2. The Morgan fingerprint density at radius 1 is 1.30 bits per heavy atom. The van der Waals surface area contributed by atoms with Gasteiger partial charge in [-0.05, 0) is 43.3 Å². The zero-order valence-electron chi connectivity index (χ0n) is 16.0. The lowest BCUT2D eigenvalue weighted by Crippen LogP contribution is -2.19. The van der Waals surface area contributed by atoms with Crippen LogP contribution < -0.4 is 15.4 Å². The minimum absolute atomic E-state index is 0.0212. The maximum atomic E-state index is 11.2. The minimum Gasteiger partial charge on any atom is -0.489 e. The third kappa shape index (κ3) is 4.62. The minimum atomic E-state index is -0.436. The van der Waals surface area contributed by atoms with Gasteiger partial charge in [-0.1, -0.05) is 17.7 Å². The first kappa shape index (κ1) is 19.9. The van der Waals surface area contributed by atoms with E-state index in [0.29, 0.717) is 27.6 Å². The first-order valence-corrected chi connectivity index (χ1v) is 10.4. The van der Waals surface area contributed by atoms with E-state index in [1.165, 1.54) is 23.9 Å². The van der Waals surface area contributed by atoms with E-state index in [4.69, 9.17) is 11.2 Å². The Morgan fingerprint density at radius 2 is 2.13 bits per heavy atom. The van der Waals surface area contributed by atoms with Crippen LogP contribution >= 0.6 is 11.8 Å². The van der Waals surface area contributed by atoms with Gasteiger partial charge >= 0.3 is 0 Å². The molecule has 1 aliphatic heterocycles. The average molecular weight is 421 g/mol. The van der Waals surface area contributed by atoms with Crippen molar-refractivity contribution in [1.82, 2.24) is 15.3 Å². The molecule has 1 aromatic heterocycles. The van der Waals surface area contributed by atoms with Gasteiger partial charge in [-0.25, -0.2) is 9.97 Å². The van der Waals surface area contributed by atoms with Crippen molar-refractivity contribution < 1.29 is 9.66 Å². The zero-order chi connectivity index (χ0) is 20.9. The van der Waals surface area contributed by atoms with Gasteiger partial charge in [-0.2, -0.15) is 0 Å². The van der Waals surface area contributed by atoms with Gasteiger partial charge in [0.05, 0.1) is 16.2 Å². The molecule has 2 heterocycles. The molecule has 8 nitrogen and oxygen atoms in total. The van der Waals surface area contributed by atoms with E-state index in [1.807, 2.05) is 24.3 Å². The standard InChI is InChI=1S/C21H19N5O3S/c1-2-11-30-21-24-19-8-5-15(26(27)28)12-18(19)20(25-21)23-14-3-6-16(7-4-14)29-17-9-10-22-13-17/h1,3-8,12,17,22H,9-11,13H2,(H,23,24,25)/t17-/m1/s1. The molecule has 152 valence electrons.